The summed E-state index contributed by atoms with van der Waals surface area (Å²) in [6.45, 7) is 0.748. The molecule has 0 amide bonds. The van der Waals surface area contributed by atoms with Crippen LogP contribution in [0.1, 0.15) is 42.9 Å². The number of ether oxygens (including phenoxy) is 1. The largest absolute Gasteiger partial charge is 0.373 e. The molecule has 1 heterocycles. The van der Waals surface area contributed by atoms with Gasteiger partial charge in [-0.15, -0.1) is 0 Å². The van der Waals surface area contributed by atoms with Gasteiger partial charge in [-0.1, -0.05) is 24.3 Å². The second kappa shape index (κ2) is 4.61. The highest BCUT2D eigenvalue weighted by molar-refractivity contribution is 5.79. The molecule has 3 rings (SSSR count). The lowest BCUT2D eigenvalue weighted by molar-refractivity contribution is -0.122. The molecule has 2 aliphatic rings. The third-order valence-electron chi connectivity index (χ3n) is 3.72. The van der Waals surface area contributed by atoms with Gasteiger partial charge in [0.1, 0.15) is 5.78 Å². The monoisotopic (exact) mass is 230 g/mol. The van der Waals surface area contributed by atoms with E-state index in [-0.39, 0.29) is 6.10 Å². The molecule has 1 fully saturated rings. The van der Waals surface area contributed by atoms with Crippen molar-refractivity contribution in [2.75, 3.05) is 6.61 Å². The summed E-state index contributed by atoms with van der Waals surface area (Å²) in [5, 5.41) is 0. The van der Waals surface area contributed by atoms with Gasteiger partial charge in [-0.05, 0) is 36.3 Å². The van der Waals surface area contributed by atoms with Gasteiger partial charge in [-0.2, -0.15) is 0 Å². The van der Waals surface area contributed by atoms with Gasteiger partial charge >= 0.3 is 0 Å². The van der Waals surface area contributed by atoms with E-state index < -0.39 is 0 Å². The molecule has 0 aromatic heterocycles. The topological polar surface area (TPSA) is 26.3 Å². The Bertz CT molecular complexity index is 421. The maximum absolute atomic E-state index is 11.9. The van der Waals surface area contributed by atoms with Gasteiger partial charge in [0.25, 0.3) is 0 Å². The van der Waals surface area contributed by atoms with E-state index in [0.29, 0.717) is 18.1 Å². The van der Waals surface area contributed by atoms with Gasteiger partial charge in [0.2, 0.25) is 0 Å². The molecule has 1 atom stereocenters. The molecule has 90 valence electrons. The van der Waals surface area contributed by atoms with Crippen LogP contribution in [-0.2, 0) is 16.0 Å². The van der Waals surface area contributed by atoms with E-state index in [2.05, 4.69) is 18.2 Å². The maximum atomic E-state index is 11.9. The highest BCUT2D eigenvalue weighted by Gasteiger charge is 2.28. The zero-order valence-electron chi connectivity index (χ0n) is 10.0. The molecular formula is C15H18O2. The number of carbonyl (C=O) groups is 1. The molecule has 0 radical (unpaired) electrons. The summed E-state index contributed by atoms with van der Waals surface area (Å²) < 4.78 is 5.76. The van der Waals surface area contributed by atoms with Crippen molar-refractivity contribution in [3.05, 3.63) is 35.4 Å². The van der Waals surface area contributed by atoms with Crippen molar-refractivity contribution in [1.82, 2.24) is 0 Å². The second-order valence-corrected chi connectivity index (χ2v) is 5.20. The lowest BCUT2D eigenvalue weighted by Gasteiger charge is -2.25. The highest BCUT2D eigenvalue weighted by Crippen LogP contribution is 2.35. The Morgan fingerprint density at radius 1 is 1.24 bits per heavy atom. The van der Waals surface area contributed by atoms with E-state index in [1.165, 1.54) is 24.0 Å². The number of hydrogen-bond acceptors (Lipinski definition) is 2. The third kappa shape index (κ3) is 2.58. The molecule has 1 aromatic rings. The summed E-state index contributed by atoms with van der Waals surface area (Å²) in [4.78, 5) is 11.9. The van der Waals surface area contributed by atoms with Crippen molar-refractivity contribution in [1.29, 1.82) is 0 Å². The van der Waals surface area contributed by atoms with Crippen molar-refractivity contribution in [3.63, 3.8) is 0 Å². The van der Waals surface area contributed by atoms with E-state index in [4.69, 9.17) is 4.74 Å². The number of rotatable bonds is 4. The maximum Gasteiger partial charge on any atom is 0.136 e. The number of fused-ring (bicyclic) bond motifs is 1. The zero-order chi connectivity index (χ0) is 11.7. The molecular weight excluding hydrogens is 212 g/mol. The summed E-state index contributed by atoms with van der Waals surface area (Å²) in [5.74, 6) is 1.05. The van der Waals surface area contributed by atoms with Crippen LogP contribution in [0.2, 0.25) is 0 Å². The van der Waals surface area contributed by atoms with Crippen LogP contribution in [0.4, 0.5) is 0 Å². The lowest BCUT2D eigenvalue weighted by Crippen LogP contribution is -2.19. The van der Waals surface area contributed by atoms with E-state index in [0.717, 1.165) is 19.4 Å². The molecule has 1 saturated carbocycles. The van der Waals surface area contributed by atoms with Crippen molar-refractivity contribution < 1.29 is 9.53 Å². The van der Waals surface area contributed by atoms with Gasteiger partial charge in [0, 0.05) is 12.8 Å². The average Bonchev–Trinajstić information content (AvgIpc) is 3.13. The number of Topliss-reactive ketones (excluding diaryl/α,β-unsaturated/α-hetero) is 1. The molecule has 0 saturated heterocycles. The van der Waals surface area contributed by atoms with Crippen molar-refractivity contribution in [2.45, 2.75) is 38.2 Å². The van der Waals surface area contributed by atoms with Crippen LogP contribution >= 0.6 is 0 Å². The molecule has 0 bridgehead atoms. The fourth-order valence-corrected chi connectivity index (χ4v) is 2.58. The molecule has 0 N–H and O–H groups in total. The van der Waals surface area contributed by atoms with E-state index in [1.807, 2.05) is 6.07 Å². The summed E-state index contributed by atoms with van der Waals surface area (Å²) in [5.41, 5.74) is 2.57. The zero-order valence-corrected chi connectivity index (χ0v) is 10.0. The minimum atomic E-state index is 0.00574. The van der Waals surface area contributed by atoms with Crippen LogP contribution in [0.5, 0.6) is 0 Å². The first-order chi connectivity index (χ1) is 8.33. The Hall–Kier alpha value is -1.15. The number of benzene rings is 1. The molecule has 2 heteroatoms. The summed E-state index contributed by atoms with van der Waals surface area (Å²) in [6, 6.07) is 8.35. The Morgan fingerprint density at radius 3 is 2.88 bits per heavy atom. The smallest absolute Gasteiger partial charge is 0.136 e. The predicted octanol–water partition coefficient (Wildman–Crippen LogP) is 3.06. The van der Waals surface area contributed by atoms with Crippen LogP contribution in [0.3, 0.4) is 0 Å². The summed E-state index contributed by atoms with van der Waals surface area (Å²) in [7, 11) is 0. The molecule has 17 heavy (non-hydrogen) atoms. The SMILES string of the molecule is O=C(CC1CC1)CC1OCCc2ccccc21. The van der Waals surface area contributed by atoms with E-state index in [1.54, 1.807) is 0 Å². The fraction of sp³-hybridized carbons (Fsp3) is 0.533. The van der Waals surface area contributed by atoms with Gasteiger partial charge in [0.15, 0.2) is 0 Å². The van der Waals surface area contributed by atoms with Gasteiger partial charge in [0.05, 0.1) is 12.7 Å². The van der Waals surface area contributed by atoms with E-state index in [9.17, 15) is 4.79 Å². The third-order valence-corrected chi connectivity index (χ3v) is 3.72. The minimum Gasteiger partial charge on any atom is -0.373 e. The normalized spacial score (nSPS) is 23.2. The quantitative estimate of drug-likeness (QED) is 0.794. The molecule has 2 nitrogen and oxygen atoms in total. The average molecular weight is 230 g/mol. The first-order valence-electron chi connectivity index (χ1n) is 6.54. The van der Waals surface area contributed by atoms with Gasteiger partial charge in [-0.3, -0.25) is 4.79 Å². The highest BCUT2D eigenvalue weighted by atomic mass is 16.5. The van der Waals surface area contributed by atoms with Gasteiger partial charge < -0.3 is 4.74 Å². The summed E-state index contributed by atoms with van der Waals surface area (Å²) in [6.07, 6.45) is 4.80. The standard InChI is InChI=1S/C15H18O2/c16-13(9-11-5-6-11)10-15-14-4-2-1-3-12(14)7-8-17-15/h1-4,11,15H,5-10H2. The lowest BCUT2D eigenvalue weighted by atomic mass is 9.94. The van der Waals surface area contributed by atoms with Crippen LogP contribution in [0.15, 0.2) is 24.3 Å². The van der Waals surface area contributed by atoms with Gasteiger partial charge in [-0.25, -0.2) is 0 Å². The van der Waals surface area contributed by atoms with Crippen LogP contribution in [0, 0.1) is 5.92 Å². The van der Waals surface area contributed by atoms with Crippen LogP contribution in [0.25, 0.3) is 0 Å². The molecule has 1 unspecified atom stereocenters. The molecule has 1 aliphatic heterocycles. The van der Waals surface area contributed by atoms with Crippen molar-refractivity contribution in [2.24, 2.45) is 5.92 Å². The first-order valence-corrected chi connectivity index (χ1v) is 6.54. The van der Waals surface area contributed by atoms with Crippen molar-refractivity contribution >= 4 is 5.78 Å². The van der Waals surface area contributed by atoms with Crippen LogP contribution < -0.4 is 0 Å². The minimum absolute atomic E-state index is 0.00574. The Morgan fingerprint density at radius 2 is 2.06 bits per heavy atom. The fourth-order valence-electron chi connectivity index (χ4n) is 2.58. The Balaban J connectivity index is 1.69. The number of carbonyl (C=O) groups excluding carboxylic acids is 1. The number of hydrogen-bond donors (Lipinski definition) is 0. The molecule has 1 aromatic carbocycles. The number of ketones is 1. The molecule has 0 spiro atoms. The Kier molecular flexibility index (Phi) is 2.98. The van der Waals surface area contributed by atoms with E-state index >= 15 is 0 Å². The predicted molar refractivity (Wildman–Crippen MR) is 65.8 cm³/mol. The van der Waals surface area contributed by atoms with Crippen molar-refractivity contribution in [3.8, 4) is 0 Å². The first kappa shape index (κ1) is 11.0. The van der Waals surface area contributed by atoms with Crippen LogP contribution in [-0.4, -0.2) is 12.4 Å². The summed E-state index contributed by atoms with van der Waals surface area (Å²) >= 11 is 0. The second-order valence-electron chi connectivity index (χ2n) is 5.20. The Labute approximate surface area is 102 Å². The molecule has 1 aliphatic carbocycles.